The summed E-state index contributed by atoms with van der Waals surface area (Å²) in [5.74, 6) is 0.386. The normalized spacial score (nSPS) is 16.2. The van der Waals surface area contributed by atoms with Gasteiger partial charge in [0.1, 0.15) is 5.75 Å². The molecule has 2 unspecified atom stereocenters. The van der Waals surface area contributed by atoms with Gasteiger partial charge < -0.3 is 20.6 Å². The molecule has 1 fully saturated rings. The molecule has 3 aromatic carbocycles. The van der Waals surface area contributed by atoms with Crippen LogP contribution in [0, 0.1) is 0 Å². The highest BCUT2D eigenvalue weighted by Gasteiger charge is 2.26. The number of phenolic OH excluding ortho intramolecular Hbond substituents is 1. The zero-order chi connectivity index (χ0) is 26.0. The van der Waals surface area contributed by atoms with Crippen LogP contribution in [0.2, 0.25) is 0 Å². The van der Waals surface area contributed by atoms with Crippen LogP contribution in [0.5, 0.6) is 5.75 Å². The Bertz CT molecular complexity index is 1160. The lowest BCUT2D eigenvalue weighted by Crippen LogP contribution is -2.54. The van der Waals surface area contributed by atoms with Crippen LogP contribution in [0.4, 0.5) is 0 Å². The van der Waals surface area contributed by atoms with Gasteiger partial charge in [0.15, 0.2) is 0 Å². The Kier molecular flexibility index (Phi) is 9.33. The number of hydrogen-bond acceptors (Lipinski definition) is 4. The highest BCUT2D eigenvalue weighted by atomic mass is 16.3. The Morgan fingerprint density at radius 2 is 1.65 bits per heavy atom. The second kappa shape index (κ2) is 13.1. The fourth-order valence-electron chi connectivity index (χ4n) is 5.19. The number of benzene rings is 3. The van der Waals surface area contributed by atoms with Gasteiger partial charge in [0.25, 0.3) is 0 Å². The van der Waals surface area contributed by atoms with Crippen molar-refractivity contribution in [3.05, 3.63) is 101 Å². The molecule has 1 heterocycles. The van der Waals surface area contributed by atoms with E-state index < -0.39 is 0 Å². The number of nitrogens with zero attached hydrogens (tertiary/aromatic N) is 1. The van der Waals surface area contributed by atoms with Crippen molar-refractivity contribution in [1.29, 1.82) is 0 Å². The predicted octanol–water partition coefficient (Wildman–Crippen LogP) is 3.66. The van der Waals surface area contributed by atoms with Crippen molar-refractivity contribution in [1.82, 2.24) is 15.5 Å². The molecular formula is C31H37N3O3. The van der Waals surface area contributed by atoms with Crippen LogP contribution in [-0.4, -0.2) is 53.5 Å². The summed E-state index contributed by atoms with van der Waals surface area (Å²) >= 11 is 0. The molecule has 1 aliphatic heterocycles. The highest BCUT2D eigenvalue weighted by molar-refractivity contribution is 5.77. The van der Waals surface area contributed by atoms with Crippen molar-refractivity contribution in [2.75, 3.05) is 19.6 Å². The monoisotopic (exact) mass is 499 g/mol. The zero-order valence-electron chi connectivity index (χ0n) is 21.5. The van der Waals surface area contributed by atoms with Crippen LogP contribution < -0.4 is 10.6 Å². The molecule has 3 aromatic rings. The summed E-state index contributed by atoms with van der Waals surface area (Å²) in [4.78, 5) is 27.3. The van der Waals surface area contributed by atoms with Gasteiger partial charge in [0.2, 0.25) is 11.8 Å². The number of phenols is 1. The average molecular weight is 500 g/mol. The molecule has 6 nitrogen and oxygen atoms in total. The number of amides is 2. The number of hydrogen-bond donors (Lipinski definition) is 3. The third-order valence-electron chi connectivity index (χ3n) is 7.00. The minimum atomic E-state index is -0.0352. The standard InChI is InChI=1S/C31H37N3O3/c1-23(35)33-28(19-24-7-3-2-4-8-24)21-27-10-6-5-9-26(27)13-16-31(37)34-18-17-32-22-29(34)20-25-11-14-30(36)15-12-25/h2-12,14-15,28-29,32,36H,13,16-22H2,1H3,(H,33,35). The third kappa shape index (κ3) is 7.92. The van der Waals surface area contributed by atoms with Gasteiger partial charge in [-0.25, -0.2) is 0 Å². The Balaban J connectivity index is 1.40. The maximum atomic E-state index is 13.3. The van der Waals surface area contributed by atoms with E-state index in [2.05, 4.69) is 34.9 Å². The SMILES string of the molecule is CC(=O)NC(Cc1ccccc1)Cc1ccccc1CCC(=O)N1CCNCC1Cc1ccc(O)cc1. The van der Waals surface area contributed by atoms with E-state index in [4.69, 9.17) is 0 Å². The molecule has 0 radical (unpaired) electrons. The van der Waals surface area contributed by atoms with Gasteiger partial charge in [-0.15, -0.1) is 0 Å². The van der Waals surface area contributed by atoms with Crippen LogP contribution in [0.25, 0.3) is 0 Å². The molecule has 2 amide bonds. The first-order valence-corrected chi connectivity index (χ1v) is 13.1. The molecule has 6 heteroatoms. The number of aromatic hydroxyl groups is 1. The van der Waals surface area contributed by atoms with Gasteiger partial charge in [-0.2, -0.15) is 0 Å². The third-order valence-corrected chi connectivity index (χ3v) is 7.00. The van der Waals surface area contributed by atoms with E-state index >= 15 is 0 Å². The summed E-state index contributed by atoms with van der Waals surface area (Å²) in [7, 11) is 0. The summed E-state index contributed by atoms with van der Waals surface area (Å²) in [5, 5.41) is 16.1. The lowest BCUT2D eigenvalue weighted by atomic mass is 9.93. The second-order valence-electron chi connectivity index (χ2n) is 9.88. The van der Waals surface area contributed by atoms with Gasteiger partial charge in [-0.1, -0.05) is 66.7 Å². The van der Waals surface area contributed by atoms with Gasteiger partial charge in [0.05, 0.1) is 0 Å². The highest BCUT2D eigenvalue weighted by Crippen LogP contribution is 2.19. The lowest BCUT2D eigenvalue weighted by Gasteiger charge is -2.36. The first-order valence-electron chi connectivity index (χ1n) is 13.1. The summed E-state index contributed by atoms with van der Waals surface area (Å²) in [6, 6.07) is 25.8. The topological polar surface area (TPSA) is 81.7 Å². The number of piperazine rings is 1. The first kappa shape index (κ1) is 26.4. The van der Waals surface area contributed by atoms with Crippen molar-refractivity contribution in [3.8, 4) is 5.75 Å². The number of aryl methyl sites for hydroxylation is 1. The van der Waals surface area contributed by atoms with Crippen LogP contribution in [0.15, 0.2) is 78.9 Å². The van der Waals surface area contributed by atoms with E-state index in [9.17, 15) is 14.7 Å². The second-order valence-corrected chi connectivity index (χ2v) is 9.88. The Hall–Kier alpha value is -3.64. The van der Waals surface area contributed by atoms with Gasteiger partial charge in [-0.05, 0) is 60.1 Å². The van der Waals surface area contributed by atoms with Crippen LogP contribution >= 0.6 is 0 Å². The molecule has 0 aliphatic carbocycles. The van der Waals surface area contributed by atoms with Crippen molar-refractivity contribution in [2.45, 2.75) is 51.1 Å². The molecule has 37 heavy (non-hydrogen) atoms. The van der Waals surface area contributed by atoms with E-state index in [1.807, 2.05) is 47.4 Å². The molecule has 3 N–H and O–H groups in total. The quantitative estimate of drug-likeness (QED) is 0.398. The number of rotatable bonds is 10. The molecule has 0 bridgehead atoms. The minimum absolute atomic E-state index is 0.0143. The molecule has 1 aliphatic rings. The van der Waals surface area contributed by atoms with Crippen LogP contribution in [0.3, 0.4) is 0 Å². The fraction of sp³-hybridized carbons (Fsp3) is 0.355. The molecule has 194 valence electrons. The number of carbonyl (C=O) groups excluding carboxylic acids is 2. The first-order chi connectivity index (χ1) is 18.0. The fourth-order valence-corrected chi connectivity index (χ4v) is 5.19. The van der Waals surface area contributed by atoms with Crippen molar-refractivity contribution < 1.29 is 14.7 Å². The van der Waals surface area contributed by atoms with Gasteiger partial charge in [0, 0.05) is 45.1 Å². The van der Waals surface area contributed by atoms with Crippen LogP contribution in [0.1, 0.15) is 35.6 Å². The van der Waals surface area contributed by atoms with Crippen LogP contribution in [-0.2, 0) is 35.3 Å². The summed E-state index contributed by atoms with van der Waals surface area (Å²) in [6.45, 7) is 3.82. The predicted molar refractivity (Wildman–Crippen MR) is 146 cm³/mol. The molecule has 4 rings (SSSR count). The molecule has 0 spiro atoms. The number of carbonyl (C=O) groups is 2. The smallest absolute Gasteiger partial charge is 0.223 e. The van der Waals surface area contributed by atoms with E-state index in [0.29, 0.717) is 19.4 Å². The van der Waals surface area contributed by atoms with E-state index in [1.54, 1.807) is 19.1 Å². The van der Waals surface area contributed by atoms with E-state index in [1.165, 1.54) is 11.1 Å². The maximum Gasteiger partial charge on any atom is 0.223 e. The lowest BCUT2D eigenvalue weighted by molar-refractivity contribution is -0.134. The molecule has 2 atom stereocenters. The van der Waals surface area contributed by atoms with E-state index in [0.717, 1.165) is 43.5 Å². The summed E-state index contributed by atoms with van der Waals surface area (Å²) in [6.07, 6.45) is 3.35. The molecule has 0 aromatic heterocycles. The van der Waals surface area contributed by atoms with Crippen molar-refractivity contribution >= 4 is 11.8 Å². The van der Waals surface area contributed by atoms with Gasteiger partial charge in [-0.3, -0.25) is 9.59 Å². The van der Waals surface area contributed by atoms with Crippen molar-refractivity contribution in [3.63, 3.8) is 0 Å². The Morgan fingerprint density at radius 3 is 2.38 bits per heavy atom. The molecule has 0 saturated carbocycles. The maximum absolute atomic E-state index is 13.3. The summed E-state index contributed by atoms with van der Waals surface area (Å²) in [5.41, 5.74) is 4.62. The number of nitrogens with one attached hydrogen (secondary N) is 2. The Labute approximate surface area is 219 Å². The summed E-state index contributed by atoms with van der Waals surface area (Å²) < 4.78 is 0. The Morgan fingerprint density at radius 1 is 0.946 bits per heavy atom. The van der Waals surface area contributed by atoms with E-state index in [-0.39, 0.29) is 29.6 Å². The largest absolute Gasteiger partial charge is 0.508 e. The molecule has 1 saturated heterocycles. The average Bonchev–Trinajstić information content (AvgIpc) is 2.90. The minimum Gasteiger partial charge on any atom is -0.508 e. The molecular weight excluding hydrogens is 462 g/mol. The van der Waals surface area contributed by atoms with Gasteiger partial charge >= 0.3 is 0 Å². The zero-order valence-corrected chi connectivity index (χ0v) is 21.5. The van der Waals surface area contributed by atoms with Crippen molar-refractivity contribution in [2.24, 2.45) is 0 Å².